The molecule has 4 nitrogen and oxygen atoms in total. The summed E-state index contributed by atoms with van der Waals surface area (Å²) in [7, 11) is 0. The number of anilines is 1. The van der Waals surface area contributed by atoms with E-state index in [1.807, 2.05) is 0 Å². The van der Waals surface area contributed by atoms with Crippen molar-refractivity contribution in [2.75, 3.05) is 11.0 Å². The molecule has 0 saturated heterocycles. The third-order valence-electron chi connectivity index (χ3n) is 5.19. The molecule has 29 heavy (non-hydrogen) atoms. The first-order valence-corrected chi connectivity index (χ1v) is 10.2. The predicted molar refractivity (Wildman–Crippen MR) is 107 cm³/mol. The number of benzene rings is 2. The summed E-state index contributed by atoms with van der Waals surface area (Å²) in [5, 5.41) is 15.8. The van der Waals surface area contributed by atoms with Crippen molar-refractivity contribution in [1.82, 2.24) is 9.78 Å². The minimum atomic E-state index is -4.46. The van der Waals surface area contributed by atoms with E-state index < -0.39 is 29.2 Å². The average molecular weight is 427 g/mol. The van der Waals surface area contributed by atoms with Gasteiger partial charge in [-0.1, -0.05) is 31.0 Å². The van der Waals surface area contributed by atoms with Gasteiger partial charge in [0.15, 0.2) is 0 Å². The second-order valence-corrected chi connectivity index (χ2v) is 7.39. The molecule has 3 rings (SSSR count). The lowest BCUT2D eigenvalue weighted by molar-refractivity contribution is -0.137. The summed E-state index contributed by atoms with van der Waals surface area (Å²) in [5.74, 6) is -0.487. The smallest absolute Gasteiger partial charge is 0.391 e. The number of nitrogens with zero attached hydrogens (tertiary/aromatic N) is 2. The van der Waals surface area contributed by atoms with E-state index in [0.29, 0.717) is 28.6 Å². The van der Waals surface area contributed by atoms with E-state index >= 15 is 0 Å². The lowest BCUT2D eigenvalue weighted by Crippen LogP contribution is -2.45. The van der Waals surface area contributed by atoms with Gasteiger partial charge in [-0.3, -0.25) is 4.68 Å². The molecule has 0 aliphatic heterocycles. The fourth-order valence-corrected chi connectivity index (χ4v) is 4.13. The SMILES string of the molecule is CCC(c1ccc(C(F)(F)F)cc1)(C(C)O)n1ncc2c(NSC)cc(F)cc21. The number of aliphatic hydroxyl groups is 1. The minimum absolute atomic E-state index is 0.328. The maximum absolute atomic E-state index is 14.3. The van der Waals surface area contributed by atoms with Gasteiger partial charge in [-0.15, -0.1) is 0 Å². The Bertz CT molecular complexity index is 1000. The highest BCUT2D eigenvalue weighted by molar-refractivity contribution is 7.99. The van der Waals surface area contributed by atoms with E-state index in [1.54, 1.807) is 26.3 Å². The van der Waals surface area contributed by atoms with Crippen molar-refractivity contribution >= 4 is 28.5 Å². The van der Waals surface area contributed by atoms with E-state index in [4.69, 9.17) is 0 Å². The number of alkyl halides is 3. The average Bonchev–Trinajstić information content (AvgIpc) is 3.07. The van der Waals surface area contributed by atoms with Crippen molar-refractivity contribution in [3.63, 3.8) is 0 Å². The number of nitrogens with one attached hydrogen (secondary N) is 1. The van der Waals surface area contributed by atoms with Crippen molar-refractivity contribution in [1.29, 1.82) is 0 Å². The largest absolute Gasteiger partial charge is 0.416 e. The maximum Gasteiger partial charge on any atom is 0.416 e. The Hall–Kier alpha value is -2.26. The summed E-state index contributed by atoms with van der Waals surface area (Å²) in [6.45, 7) is 3.35. The zero-order chi connectivity index (χ0) is 21.4. The Morgan fingerprint density at radius 3 is 2.31 bits per heavy atom. The number of hydrogen-bond acceptors (Lipinski definition) is 4. The monoisotopic (exact) mass is 427 g/mol. The van der Waals surface area contributed by atoms with Crippen LogP contribution in [0, 0.1) is 5.82 Å². The summed E-state index contributed by atoms with van der Waals surface area (Å²) in [6, 6.07) is 7.30. The molecule has 0 amide bonds. The van der Waals surface area contributed by atoms with E-state index in [0.717, 1.165) is 12.1 Å². The molecule has 0 spiro atoms. The van der Waals surface area contributed by atoms with Gasteiger partial charge in [0.1, 0.15) is 11.4 Å². The van der Waals surface area contributed by atoms with Crippen LogP contribution in [0.15, 0.2) is 42.6 Å². The maximum atomic E-state index is 14.3. The van der Waals surface area contributed by atoms with Crippen LogP contribution in [0.4, 0.5) is 23.2 Å². The molecule has 1 heterocycles. The van der Waals surface area contributed by atoms with Crippen molar-refractivity contribution in [3.8, 4) is 0 Å². The van der Waals surface area contributed by atoms with E-state index in [2.05, 4.69) is 9.82 Å². The van der Waals surface area contributed by atoms with Crippen LogP contribution >= 0.6 is 11.9 Å². The molecule has 0 fully saturated rings. The number of fused-ring (bicyclic) bond motifs is 1. The highest BCUT2D eigenvalue weighted by atomic mass is 32.2. The third-order valence-corrected chi connectivity index (χ3v) is 5.61. The Labute approximate surface area is 170 Å². The Morgan fingerprint density at radius 1 is 1.17 bits per heavy atom. The predicted octanol–water partition coefficient (Wildman–Crippen LogP) is 5.42. The molecule has 0 aliphatic rings. The van der Waals surface area contributed by atoms with Crippen LogP contribution in [0.1, 0.15) is 31.4 Å². The van der Waals surface area contributed by atoms with Gasteiger partial charge < -0.3 is 9.83 Å². The number of hydrogen-bond donors (Lipinski definition) is 2. The summed E-state index contributed by atoms with van der Waals surface area (Å²) >= 11 is 1.30. The summed E-state index contributed by atoms with van der Waals surface area (Å²) in [5.41, 5.74) is -0.529. The van der Waals surface area contributed by atoms with Crippen LogP contribution in [-0.2, 0) is 11.7 Å². The highest BCUT2D eigenvalue weighted by Crippen LogP contribution is 2.39. The molecule has 0 saturated carbocycles. The highest BCUT2D eigenvalue weighted by Gasteiger charge is 2.40. The van der Waals surface area contributed by atoms with E-state index in [-0.39, 0.29) is 0 Å². The Balaban J connectivity index is 2.25. The lowest BCUT2D eigenvalue weighted by Gasteiger charge is -2.37. The number of halogens is 4. The fraction of sp³-hybridized carbons (Fsp3) is 0.350. The molecule has 1 aromatic heterocycles. The van der Waals surface area contributed by atoms with Gasteiger partial charge in [0, 0.05) is 11.6 Å². The van der Waals surface area contributed by atoms with E-state index in [1.165, 1.54) is 40.9 Å². The first-order chi connectivity index (χ1) is 13.6. The first-order valence-electron chi connectivity index (χ1n) is 8.97. The number of aliphatic hydroxyl groups excluding tert-OH is 1. The molecule has 9 heteroatoms. The minimum Gasteiger partial charge on any atom is -0.391 e. The van der Waals surface area contributed by atoms with Gasteiger partial charge in [0.05, 0.1) is 29.1 Å². The lowest BCUT2D eigenvalue weighted by atomic mass is 9.82. The zero-order valence-electron chi connectivity index (χ0n) is 16.1. The summed E-state index contributed by atoms with van der Waals surface area (Å²) in [4.78, 5) is 0. The van der Waals surface area contributed by atoms with Gasteiger partial charge in [-0.05, 0) is 43.2 Å². The number of rotatable bonds is 6. The van der Waals surface area contributed by atoms with Crippen LogP contribution in [0.3, 0.4) is 0 Å². The van der Waals surface area contributed by atoms with E-state index in [9.17, 15) is 22.7 Å². The molecule has 2 aromatic carbocycles. The van der Waals surface area contributed by atoms with Crippen molar-refractivity contribution in [2.24, 2.45) is 0 Å². The summed E-state index contributed by atoms with van der Waals surface area (Å²) in [6.07, 6.45) is -1.78. The Kier molecular flexibility index (Phi) is 5.82. The topological polar surface area (TPSA) is 50.1 Å². The second kappa shape index (κ2) is 7.87. The first kappa shape index (κ1) is 21.4. The third kappa shape index (κ3) is 3.69. The fourth-order valence-electron chi connectivity index (χ4n) is 3.74. The molecule has 0 radical (unpaired) electrons. The normalized spacial score (nSPS) is 15.3. The van der Waals surface area contributed by atoms with Crippen LogP contribution in [0.2, 0.25) is 0 Å². The van der Waals surface area contributed by atoms with Crippen LogP contribution in [0.25, 0.3) is 10.9 Å². The Morgan fingerprint density at radius 2 is 1.79 bits per heavy atom. The molecule has 0 aliphatic carbocycles. The number of aromatic nitrogens is 2. The molecule has 3 aromatic rings. The van der Waals surface area contributed by atoms with Gasteiger partial charge >= 0.3 is 6.18 Å². The van der Waals surface area contributed by atoms with Crippen molar-refractivity contribution < 1.29 is 22.7 Å². The van der Waals surface area contributed by atoms with Gasteiger partial charge in [0.2, 0.25) is 0 Å². The molecule has 2 unspecified atom stereocenters. The molecular weight excluding hydrogens is 406 g/mol. The molecule has 0 bridgehead atoms. The standard InChI is InChI=1S/C20H21F4N3OS/c1-4-19(12(2)28,13-5-7-14(8-6-13)20(22,23)24)27-18-10-15(21)9-17(26-29-3)16(18)11-25-27/h5-12,26,28H,4H2,1-3H3. The van der Waals surface area contributed by atoms with Crippen molar-refractivity contribution in [2.45, 2.75) is 38.1 Å². The van der Waals surface area contributed by atoms with Crippen LogP contribution in [0.5, 0.6) is 0 Å². The zero-order valence-corrected chi connectivity index (χ0v) is 16.9. The molecule has 2 N–H and O–H groups in total. The van der Waals surface area contributed by atoms with Crippen LogP contribution in [-0.4, -0.2) is 27.2 Å². The quantitative estimate of drug-likeness (QED) is 0.408. The van der Waals surface area contributed by atoms with Gasteiger partial charge in [0.25, 0.3) is 0 Å². The summed E-state index contributed by atoms with van der Waals surface area (Å²) < 4.78 is 57.7. The van der Waals surface area contributed by atoms with Gasteiger partial charge in [-0.25, -0.2) is 4.39 Å². The second-order valence-electron chi connectivity index (χ2n) is 6.78. The molecular formula is C20H21F4N3OS. The molecule has 156 valence electrons. The van der Waals surface area contributed by atoms with Gasteiger partial charge in [-0.2, -0.15) is 18.3 Å². The van der Waals surface area contributed by atoms with Crippen molar-refractivity contribution in [3.05, 3.63) is 59.5 Å². The molecule has 2 atom stereocenters. The van der Waals surface area contributed by atoms with Crippen LogP contribution < -0.4 is 4.72 Å².